The lowest BCUT2D eigenvalue weighted by molar-refractivity contribution is 0.201. The van der Waals surface area contributed by atoms with E-state index in [0.717, 1.165) is 50.9 Å². The minimum atomic E-state index is 0.154. The summed E-state index contributed by atoms with van der Waals surface area (Å²) in [7, 11) is 0. The van der Waals surface area contributed by atoms with Gasteiger partial charge in [0.05, 0.1) is 0 Å². The molecule has 5 nitrogen and oxygen atoms in total. The highest BCUT2D eigenvalue weighted by Gasteiger charge is 2.38. The van der Waals surface area contributed by atoms with Gasteiger partial charge in [-0.2, -0.15) is 0 Å². The summed E-state index contributed by atoms with van der Waals surface area (Å²) in [4.78, 5) is 18.7. The summed E-state index contributed by atoms with van der Waals surface area (Å²) in [5, 5.41) is 3.16. The number of carbonyl (C=O) groups excluding carboxylic acids is 1. The standard InChI is InChI=1S/C16H24N4O/c21-16(20-10-13-2-1-3-14(13)11-20)18-8-12-4-5-15-17-6-7-19(15)9-12/h6-7,12-14H,1-5,8-11H2,(H,18,21)/t12-,13-,14-/m0/s1. The van der Waals surface area contributed by atoms with E-state index in [2.05, 4.69) is 14.9 Å². The van der Waals surface area contributed by atoms with E-state index in [1.165, 1.54) is 25.1 Å². The fourth-order valence-electron chi connectivity index (χ4n) is 4.35. The number of likely N-dealkylation sites (tertiary alicyclic amines) is 1. The number of nitrogens with zero attached hydrogens (tertiary/aromatic N) is 3. The van der Waals surface area contributed by atoms with E-state index in [1.54, 1.807) is 0 Å². The van der Waals surface area contributed by atoms with Crippen molar-refractivity contribution in [2.24, 2.45) is 17.8 Å². The highest BCUT2D eigenvalue weighted by molar-refractivity contribution is 5.74. The molecule has 1 aromatic rings. The molecule has 0 radical (unpaired) electrons. The first-order chi connectivity index (χ1) is 10.3. The Morgan fingerprint density at radius 2 is 2.05 bits per heavy atom. The molecule has 1 saturated heterocycles. The second-order valence-electron chi connectivity index (χ2n) is 6.94. The highest BCUT2D eigenvalue weighted by atomic mass is 16.2. The summed E-state index contributed by atoms with van der Waals surface area (Å²) in [6.07, 6.45) is 10.1. The van der Waals surface area contributed by atoms with Gasteiger partial charge in [-0.15, -0.1) is 0 Å². The van der Waals surface area contributed by atoms with E-state index in [1.807, 2.05) is 17.3 Å². The zero-order valence-corrected chi connectivity index (χ0v) is 12.5. The Kier molecular flexibility index (Phi) is 3.36. The predicted molar refractivity (Wildman–Crippen MR) is 79.8 cm³/mol. The molecule has 0 spiro atoms. The van der Waals surface area contributed by atoms with Crippen molar-refractivity contribution < 1.29 is 4.79 Å². The number of nitrogens with one attached hydrogen (secondary N) is 1. The van der Waals surface area contributed by atoms with Crippen molar-refractivity contribution >= 4 is 6.03 Å². The average molecular weight is 288 g/mol. The molecule has 0 aromatic carbocycles. The molecule has 4 rings (SSSR count). The second kappa shape index (κ2) is 5.35. The number of aryl methyl sites for hydroxylation is 1. The molecular weight excluding hydrogens is 264 g/mol. The fourth-order valence-corrected chi connectivity index (χ4v) is 4.35. The van der Waals surface area contributed by atoms with Crippen LogP contribution in [0.3, 0.4) is 0 Å². The van der Waals surface area contributed by atoms with E-state index < -0.39 is 0 Å². The Labute approximate surface area is 125 Å². The number of rotatable bonds is 2. The summed E-state index contributed by atoms with van der Waals surface area (Å²) < 4.78 is 2.22. The molecule has 2 amide bonds. The lowest BCUT2D eigenvalue weighted by Gasteiger charge is -2.25. The van der Waals surface area contributed by atoms with Crippen molar-refractivity contribution in [3.8, 4) is 0 Å². The van der Waals surface area contributed by atoms with Crippen LogP contribution in [0.4, 0.5) is 4.79 Å². The van der Waals surface area contributed by atoms with Crippen molar-refractivity contribution in [3.05, 3.63) is 18.2 Å². The van der Waals surface area contributed by atoms with Gasteiger partial charge in [0.15, 0.2) is 0 Å². The minimum absolute atomic E-state index is 0.154. The quantitative estimate of drug-likeness (QED) is 0.903. The topological polar surface area (TPSA) is 50.2 Å². The monoisotopic (exact) mass is 288 g/mol. The highest BCUT2D eigenvalue weighted by Crippen LogP contribution is 2.37. The summed E-state index contributed by atoms with van der Waals surface area (Å²) in [5.41, 5.74) is 0. The van der Waals surface area contributed by atoms with Crippen LogP contribution in [0.25, 0.3) is 0 Å². The molecule has 3 heterocycles. The Bertz CT molecular complexity index is 514. The Hall–Kier alpha value is -1.52. The van der Waals surface area contributed by atoms with E-state index in [0.29, 0.717) is 5.92 Å². The third-order valence-corrected chi connectivity index (χ3v) is 5.59. The number of urea groups is 1. The van der Waals surface area contributed by atoms with Gasteiger partial charge in [0.25, 0.3) is 0 Å². The number of fused-ring (bicyclic) bond motifs is 2. The maximum absolute atomic E-state index is 12.3. The number of hydrogen-bond acceptors (Lipinski definition) is 2. The van der Waals surface area contributed by atoms with Crippen molar-refractivity contribution in [3.63, 3.8) is 0 Å². The van der Waals surface area contributed by atoms with Gasteiger partial charge < -0.3 is 14.8 Å². The third kappa shape index (κ3) is 2.54. The van der Waals surface area contributed by atoms with Gasteiger partial charge in [0.2, 0.25) is 0 Å². The summed E-state index contributed by atoms with van der Waals surface area (Å²) in [6.45, 7) is 3.74. The van der Waals surface area contributed by atoms with Gasteiger partial charge in [0, 0.05) is 45.0 Å². The first-order valence-corrected chi connectivity index (χ1v) is 8.32. The van der Waals surface area contributed by atoms with Crippen LogP contribution in [0.5, 0.6) is 0 Å². The molecule has 0 unspecified atom stereocenters. The number of carbonyl (C=O) groups is 1. The smallest absolute Gasteiger partial charge is 0.317 e. The van der Waals surface area contributed by atoms with Gasteiger partial charge in [0.1, 0.15) is 5.82 Å². The molecule has 21 heavy (non-hydrogen) atoms. The molecule has 1 saturated carbocycles. The molecule has 5 heteroatoms. The van der Waals surface area contributed by atoms with Crippen molar-refractivity contribution in [2.75, 3.05) is 19.6 Å². The number of amides is 2. The number of hydrogen-bond donors (Lipinski definition) is 1. The minimum Gasteiger partial charge on any atom is -0.338 e. The molecule has 3 atom stereocenters. The predicted octanol–water partition coefficient (Wildman–Crippen LogP) is 1.89. The van der Waals surface area contributed by atoms with Crippen LogP contribution in [0.15, 0.2) is 12.4 Å². The van der Waals surface area contributed by atoms with Gasteiger partial charge in [-0.05, 0) is 37.0 Å². The van der Waals surface area contributed by atoms with Crippen molar-refractivity contribution in [2.45, 2.75) is 38.6 Å². The van der Waals surface area contributed by atoms with Crippen LogP contribution in [0, 0.1) is 17.8 Å². The Balaban J connectivity index is 1.27. The van der Waals surface area contributed by atoms with Crippen LogP contribution in [0.1, 0.15) is 31.5 Å². The average Bonchev–Trinajstić information content (AvgIpc) is 3.18. The van der Waals surface area contributed by atoms with Crippen LogP contribution in [0.2, 0.25) is 0 Å². The Morgan fingerprint density at radius 3 is 2.86 bits per heavy atom. The molecule has 114 valence electrons. The van der Waals surface area contributed by atoms with Crippen LogP contribution in [-0.4, -0.2) is 40.1 Å². The molecule has 3 aliphatic rings. The lowest BCUT2D eigenvalue weighted by atomic mass is 9.99. The van der Waals surface area contributed by atoms with Gasteiger partial charge in [-0.3, -0.25) is 0 Å². The maximum Gasteiger partial charge on any atom is 0.317 e. The summed E-state index contributed by atoms with van der Waals surface area (Å²) >= 11 is 0. The molecule has 2 aliphatic heterocycles. The zero-order chi connectivity index (χ0) is 14.2. The molecule has 2 fully saturated rings. The first kappa shape index (κ1) is 13.2. The van der Waals surface area contributed by atoms with Crippen LogP contribution < -0.4 is 5.32 Å². The van der Waals surface area contributed by atoms with Crippen molar-refractivity contribution in [1.29, 1.82) is 0 Å². The molecule has 1 N–H and O–H groups in total. The summed E-state index contributed by atoms with van der Waals surface area (Å²) in [6, 6.07) is 0.154. The molecule has 1 aliphatic carbocycles. The van der Waals surface area contributed by atoms with Gasteiger partial charge in [-0.1, -0.05) is 6.42 Å². The zero-order valence-electron chi connectivity index (χ0n) is 12.5. The fraction of sp³-hybridized carbons (Fsp3) is 0.750. The van der Waals surface area contributed by atoms with E-state index in [-0.39, 0.29) is 6.03 Å². The van der Waals surface area contributed by atoms with Crippen molar-refractivity contribution in [1.82, 2.24) is 19.8 Å². The lowest BCUT2D eigenvalue weighted by Crippen LogP contribution is -2.42. The number of imidazole rings is 1. The summed E-state index contributed by atoms with van der Waals surface area (Å²) in [5.74, 6) is 3.28. The largest absolute Gasteiger partial charge is 0.338 e. The van der Waals surface area contributed by atoms with E-state index >= 15 is 0 Å². The molecule has 1 aromatic heterocycles. The first-order valence-electron chi connectivity index (χ1n) is 8.32. The van der Waals surface area contributed by atoms with E-state index in [9.17, 15) is 4.79 Å². The SMILES string of the molecule is O=C(NC[C@@H]1CCc2nccn2C1)N1C[C@@H]2CCC[C@H]2C1. The Morgan fingerprint density at radius 1 is 1.24 bits per heavy atom. The third-order valence-electron chi connectivity index (χ3n) is 5.59. The second-order valence-corrected chi connectivity index (χ2v) is 6.94. The normalized spacial score (nSPS) is 31.0. The van der Waals surface area contributed by atoms with Crippen LogP contribution >= 0.6 is 0 Å². The van der Waals surface area contributed by atoms with Gasteiger partial charge >= 0.3 is 6.03 Å². The molecule has 0 bridgehead atoms. The van der Waals surface area contributed by atoms with E-state index in [4.69, 9.17) is 0 Å². The molecular formula is C16H24N4O. The van der Waals surface area contributed by atoms with Gasteiger partial charge in [-0.25, -0.2) is 9.78 Å². The van der Waals surface area contributed by atoms with Crippen LogP contribution in [-0.2, 0) is 13.0 Å². The maximum atomic E-state index is 12.3. The number of aromatic nitrogens is 2.